The summed E-state index contributed by atoms with van der Waals surface area (Å²) in [5, 5.41) is 13.1. The molecule has 8 heteroatoms. The first kappa shape index (κ1) is 19.7. The molecule has 5 rings (SSSR count). The van der Waals surface area contributed by atoms with Crippen LogP contribution < -0.4 is 4.90 Å². The molecule has 1 amide bonds. The van der Waals surface area contributed by atoms with Crippen molar-refractivity contribution in [3.63, 3.8) is 0 Å². The number of furan rings is 1. The minimum absolute atomic E-state index is 0.00954. The van der Waals surface area contributed by atoms with E-state index in [-0.39, 0.29) is 11.3 Å². The molecule has 3 aromatic heterocycles. The van der Waals surface area contributed by atoms with Crippen molar-refractivity contribution in [2.45, 2.75) is 26.3 Å². The molecule has 1 aliphatic rings. The van der Waals surface area contributed by atoms with Crippen LogP contribution in [0, 0.1) is 6.92 Å². The third-order valence-electron chi connectivity index (χ3n) is 5.29. The zero-order chi connectivity index (χ0) is 21.7. The standard InChI is InChI=1S/C23H18N2O4S2/c1-3-13-7-8-14-17(11-13)31-23(24-14)25-19(16-5-4-10-30-16)18(21(27)22(25)28)20(26)15-9-6-12(2)29-15/h4-11,19,27H,3H2,1-2H3/t19-/m1/s1. The minimum atomic E-state index is -0.767. The van der Waals surface area contributed by atoms with Crippen LogP contribution >= 0.6 is 22.7 Å². The SMILES string of the molecule is CCc1ccc2nc(N3C(=O)C(O)=C(C(=O)c4ccc(C)o4)[C@H]3c3cccs3)sc2c1. The van der Waals surface area contributed by atoms with E-state index in [9.17, 15) is 14.7 Å². The normalized spacial score (nSPS) is 16.6. The Labute approximate surface area is 186 Å². The van der Waals surface area contributed by atoms with Crippen molar-refractivity contribution in [2.75, 3.05) is 4.90 Å². The number of Topliss-reactive ketones (excluding diaryl/α,β-unsaturated/α-hetero) is 1. The first-order chi connectivity index (χ1) is 15.0. The van der Waals surface area contributed by atoms with Gasteiger partial charge in [-0.3, -0.25) is 14.5 Å². The van der Waals surface area contributed by atoms with E-state index in [4.69, 9.17) is 4.42 Å². The second-order valence-corrected chi connectivity index (χ2v) is 9.24. The molecule has 1 atom stereocenters. The lowest BCUT2D eigenvalue weighted by molar-refractivity contribution is -0.117. The van der Waals surface area contributed by atoms with Crippen LogP contribution in [0.1, 0.15) is 39.7 Å². The number of ketones is 1. The molecule has 156 valence electrons. The average Bonchev–Trinajstić information content (AvgIpc) is 3.54. The third-order valence-corrected chi connectivity index (χ3v) is 7.23. The van der Waals surface area contributed by atoms with Crippen molar-refractivity contribution in [3.8, 4) is 0 Å². The highest BCUT2D eigenvalue weighted by atomic mass is 32.1. The van der Waals surface area contributed by atoms with E-state index in [0.29, 0.717) is 10.9 Å². The molecule has 6 nitrogen and oxygen atoms in total. The Morgan fingerprint density at radius 3 is 2.77 bits per heavy atom. The van der Waals surface area contributed by atoms with Crippen molar-refractivity contribution >= 4 is 49.7 Å². The highest BCUT2D eigenvalue weighted by Crippen LogP contribution is 2.45. The van der Waals surface area contributed by atoms with Gasteiger partial charge in [-0.15, -0.1) is 11.3 Å². The van der Waals surface area contributed by atoms with Gasteiger partial charge in [-0.25, -0.2) is 4.98 Å². The van der Waals surface area contributed by atoms with Gasteiger partial charge in [0, 0.05) is 4.88 Å². The highest BCUT2D eigenvalue weighted by Gasteiger charge is 2.47. The maximum atomic E-state index is 13.3. The molecule has 0 fully saturated rings. The number of aryl methyl sites for hydroxylation is 2. The molecule has 1 N–H and O–H groups in total. The van der Waals surface area contributed by atoms with Crippen LogP contribution in [0.4, 0.5) is 5.13 Å². The average molecular weight is 451 g/mol. The Hall–Kier alpha value is -3.23. The summed E-state index contributed by atoms with van der Waals surface area (Å²) in [6, 6.07) is 12.2. The summed E-state index contributed by atoms with van der Waals surface area (Å²) >= 11 is 2.78. The summed E-state index contributed by atoms with van der Waals surface area (Å²) in [6.07, 6.45) is 0.896. The topological polar surface area (TPSA) is 83.6 Å². The number of thiophene rings is 1. The van der Waals surface area contributed by atoms with Crippen LogP contribution in [0.5, 0.6) is 0 Å². The molecule has 0 saturated heterocycles. The molecule has 0 radical (unpaired) electrons. The minimum Gasteiger partial charge on any atom is -0.503 e. The zero-order valence-corrected chi connectivity index (χ0v) is 18.4. The fourth-order valence-corrected chi connectivity index (χ4v) is 5.60. The maximum Gasteiger partial charge on any atom is 0.296 e. The Balaban J connectivity index is 1.64. The summed E-state index contributed by atoms with van der Waals surface area (Å²) < 4.78 is 6.44. The third kappa shape index (κ3) is 3.19. The van der Waals surface area contributed by atoms with Gasteiger partial charge in [-0.2, -0.15) is 0 Å². The molecule has 1 aromatic carbocycles. The number of rotatable bonds is 5. The molecule has 0 unspecified atom stereocenters. The molecule has 0 aliphatic carbocycles. The van der Waals surface area contributed by atoms with Crippen molar-refractivity contribution in [1.82, 2.24) is 4.98 Å². The maximum absolute atomic E-state index is 13.3. The number of nitrogens with zero attached hydrogens (tertiary/aromatic N) is 2. The lowest BCUT2D eigenvalue weighted by Gasteiger charge is -2.22. The highest BCUT2D eigenvalue weighted by molar-refractivity contribution is 7.22. The van der Waals surface area contributed by atoms with Gasteiger partial charge in [0.1, 0.15) is 11.8 Å². The van der Waals surface area contributed by atoms with Crippen molar-refractivity contribution in [2.24, 2.45) is 0 Å². The lowest BCUT2D eigenvalue weighted by Crippen LogP contribution is -2.30. The number of anilines is 1. The summed E-state index contributed by atoms with van der Waals surface area (Å²) in [6.45, 7) is 3.82. The Bertz CT molecular complexity index is 1350. The molecule has 4 heterocycles. The number of hydrogen-bond acceptors (Lipinski definition) is 7. The fourth-order valence-electron chi connectivity index (χ4n) is 3.72. The number of hydrogen-bond donors (Lipinski definition) is 1. The van der Waals surface area contributed by atoms with Gasteiger partial charge in [0.25, 0.3) is 5.91 Å². The van der Waals surface area contributed by atoms with Crippen LogP contribution in [0.15, 0.2) is 63.6 Å². The number of carbonyl (C=O) groups is 2. The van der Waals surface area contributed by atoms with Crippen molar-refractivity contribution in [3.05, 3.63) is 81.1 Å². The summed E-state index contributed by atoms with van der Waals surface area (Å²) in [4.78, 5) is 33.2. The van der Waals surface area contributed by atoms with Crippen LogP contribution in [-0.2, 0) is 11.2 Å². The van der Waals surface area contributed by atoms with E-state index >= 15 is 0 Å². The van der Waals surface area contributed by atoms with Gasteiger partial charge in [-0.1, -0.05) is 30.4 Å². The van der Waals surface area contributed by atoms with E-state index in [0.717, 1.165) is 21.5 Å². The molecular weight excluding hydrogens is 432 g/mol. The van der Waals surface area contributed by atoms with Gasteiger partial charge in [0.2, 0.25) is 5.78 Å². The monoisotopic (exact) mass is 450 g/mol. The molecule has 0 bridgehead atoms. The number of aromatic nitrogens is 1. The molecule has 31 heavy (non-hydrogen) atoms. The predicted octanol–water partition coefficient (Wildman–Crippen LogP) is 5.60. The first-order valence-corrected chi connectivity index (χ1v) is 11.5. The Morgan fingerprint density at radius 2 is 2.10 bits per heavy atom. The van der Waals surface area contributed by atoms with E-state index < -0.39 is 23.5 Å². The quantitative estimate of drug-likeness (QED) is 0.400. The van der Waals surface area contributed by atoms with Crippen LogP contribution in [0.3, 0.4) is 0 Å². The molecule has 1 aliphatic heterocycles. The summed E-state index contributed by atoms with van der Waals surface area (Å²) in [7, 11) is 0. The summed E-state index contributed by atoms with van der Waals surface area (Å²) in [5.74, 6) is -1.04. The molecule has 0 saturated carbocycles. The molecular formula is C23H18N2O4S2. The van der Waals surface area contributed by atoms with E-state index in [1.54, 1.807) is 19.1 Å². The van der Waals surface area contributed by atoms with Gasteiger partial charge in [0.05, 0.1) is 15.8 Å². The van der Waals surface area contributed by atoms with Crippen molar-refractivity contribution in [1.29, 1.82) is 0 Å². The number of thiazole rings is 1. The molecule has 4 aromatic rings. The van der Waals surface area contributed by atoms with Gasteiger partial charge >= 0.3 is 0 Å². The van der Waals surface area contributed by atoms with Gasteiger partial charge < -0.3 is 9.52 Å². The number of carbonyl (C=O) groups excluding carboxylic acids is 2. The van der Waals surface area contributed by atoms with Gasteiger partial charge in [0.15, 0.2) is 16.7 Å². The van der Waals surface area contributed by atoms with E-state index in [2.05, 4.69) is 18.0 Å². The second kappa shape index (κ2) is 7.47. The number of aliphatic hydroxyl groups excluding tert-OH is 1. The number of aliphatic hydroxyl groups is 1. The largest absolute Gasteiger partial charge is 0.503 e. The fraction of sp³-hybridized carbons (Fsp3) is 0.174. The van der Waals surface area contributed by atoms with Crippen LogP contribution in [0.2, 0.25) is 0 Å². The van der Waals surface area contributed by atoms with Gasteiger partial charge in [-0.05, 0) is 54.6 Å². The Kier molecular flexibility index (Phi) is 4.75. The second-order valence-electron chi connectivity index (χ2n) is 7.25. The smallest absolute Gasteiger partial charge is 0.296 e. The number of fused-ring (bicyclic) bond motifs is 1. The van der Waals surface area contributed by atoms with Crippen LogP contribution in [-0.4, -0.2) is 21.8 Å². The van der Waals surface area contributed by atoms with E-state index in [1.165, 1.54) is 33.1 Å². The molecule has 0 spiro atoms. The first-order valence-electron chi connectivity index (χ1n) is 9.78. The number of benzene rings is 1. The predicted molar refractivity (Wildman–Crippen MR) is 121 cm³/mol. The Morgan fingerprint density at radius 1 is 1.26 bits per heavy atom. The number of amides is 1. The zero-order valence-electron chi connectivity index (χ0n) is 16.8. The van der Waals surface area contributed by atoms with E-state index in [1.807, 2.05) is 29.6 Å². The van der Waals surface area contributed by atoms with Crippen molar-refractivity contribution < 1.29 is 19.1 Å². The van der Waals surface area contributed by atoms with Crippen LogP contribution in [0.25, 0.3) is 10.2 Å². The lowest BCUT2D eigenvalue weighted by atomic mass is 10.0. The summed E-state index contributed by atoms with van der Waals surface area (Å²) in [5.41, 5.74) is 1.96.